The molecule has 22 heavy (non-hydrogen) atoms. The van der Waals surface area contributed by atoms with Gasteiger partial charge in [0.25, 0.3) is 0 Å². The van der Waals surface area contributed by atoms with E-state index in [0.717, 1.165) is 30.9 Å². The third kappa shape index (κ3) is 4.98. The molecule has 1 saturated heterocycles. The monoisotopic (exact) mass is 306 g/mol. The lowest BCUT2D eigenvalue weighted by molar-refractivity contribution is 0.538. The van der Waals surface area contributed by atoms with E-state index in [2.05, 4.69) is 30.1 Å². The average molecular weight is 306 g/mol. The minimum absolute atomic E-state index is 0.0680. The van der Waals surface area contributed by atoms with Gasteiger partial charge in [-0.2, -0.15) is 0 Å². The molecule has 3 heteroatoms. The van der Waals surface area contributed by atoms with Gasteiger partial charge in [-0.05, 0) is 50.4 Å². The molecule has 1 aromatic rings. The Morgan fingerprint density at radius 3 is 2.50 bits per heavy atom. The van der Waals surface area contributed by atoms with Crippen molar-refractivity contribution in [1.29, 1.82) is 0 Å². The van der Waals surface area contributed by atoms with E-state index >= 15 is 0 Å². The van der Waals surface area contributed by atoms with E-state index < -0.39 is 0 Å². The molecule has 0 bridgehead atoms. The van der Waals surface area contributed by atoms with Crippen LogP contribution in [-0.4, -0.2) is 19.6 Å². The molecule has 0 amide bonds. The van der Waals surface area contributed by atoms with E-state index in [1.807, 2.05) is 6.07 Å². The molecule has 0 radical (unpaired) electrons. The van der Waals surface area contributed by atoms with Crippen LogP contribution in [0.25, 0.3) is 0 Å². The summed E-state index contributed by atoms with van der Waals surface area (Å²) in [6, 6.07) is 5.99. The topological polar surface area (TPSA) is 15.3 Å². The Morgan fingerprint density at radius 2 is 1.86 bits per heavy atom. The van der Waals surface area contributed by atoms with E-state index in [9.17, 15) is 4.39 Å². The molecule has 0 aromatic heterocycles. The Labute approximate surface area is 135 Å². The predicted octanol–water partition coefficient (Wildman–Crippen LogP) is 5.05. The first kappa shape index (κ1) is 17.3. The number of nitrogens with one attached hydrogen (secondary N) is 1. The molecule has 1 fully saturated rings. The van der Waals surface area contributed by atoms with Crippen LogP contribution in [0, 0.1) is 5.82 Å². The van der Waals surface area contributed by atoms with Gasteiger partial charge < -0.3 is 10.2 Å². The first-order valence-electron chi connectivity index (χ1n) is 9.00. The molecule has 0 unspecified atom stereocenters. The molecule has 1 N–H and O–H groups in total. The highest BCUT2D eigenvalue weighted by molar-refractivity contribution is 5.49. The van der Waals surface area contributed by atoms with Crippen molar-refractivity contribution in [3.05, 3.63) is 29.6 Å². The molecule has 1 aliphatic rings. The molecule has 0 aliphatic carbocycles. The number of hydrogen-bond donors (Lipinski definition) is 1. The highest BCUT2D eigenvalue weighted by atomic mass is 19.1. The van der Waals surface area contributed by atoms with Crippen molar-refractivity contribution >= 4 is 5.69 Å². The van der Waals surface area contributed by atoms with Gasteiger partial charge in [0.1, 0.15) is 5.82 Å². The molecule has 124 valence electrons. The molecule has 2 nitrogen and oxygen atoms in total. The maximum Gasteiger partial charge on any atom is 0.146 e. The van der Waals surface area contributed by atoms with Crippen LogP contribution in [0.15, 0.2) is 18.2 Å². The first-order valence-corrected chi connectivity index (χ1v) is 9.00. The molecular weight excluding hydrogens is 275 g/mol. The Hall–Kier alpha value is -1.09. The summed E-state index contributed by atoms with van der Waals surface area (Å²) in [6.07, 6.45) is 8.57. The summed E-state index contributed by atoms with van der Waals surface area (Å²) < 4.78 is 14.5. The lowest BCUT2D eigenvalue weighted by Gasteiger charge is -2.24. The minimum atomic E-state index is -0.0680. The second-order valence-electron chi connectivity index (χ2n) is 6.50. The normalized spacial score (nSPS) is 17.3. The third-order valence-electron chi connectivity index (χ3n) is 4.65. The van der Waals surface area contributed by atoms with Gasteiger partial charge in [-0.25, -0.2) is 4.39 Å². The fourth-order valence-corrected chi connectivity index (χ4v) is 3.17. The second kappa shape index (κ2) is 9.14. The van der Waals surface area contributed by atoms with Gasteiger partial charge >= 0.3 is 0 Å². The average Bonchev–Trinajstić information content (AvgIpc) is 2.80. The van der Waals surface area contributed by atoms with Crippen molar-refractivity contribution in [2.24, 2.45) is 0 Å². The minimum Gasteiger partial charge on any atom is -0.369 e. The largest absolute Gasteiger partial charge is 0.369 e. The molecule has 0 saturated carbocycles. The lowest BCUT2D eigenvalue weighted by Crippen LogP contribution is -2.25. The summed E-state index contributed by atoms with van der Waals surface area (Å²) in [4.78, 5) is 2.21. The SMILES string of the molecule is CCCCCN[C@@H](C)c1ccc(N2CCCCCC2)c(F)c1. The Bertz CT molecular complexity index is 439. The van der Waals surface area contributed by atoms with E-state index in [1.165, 1.54) is 44.9 Å². The smallest absolute Gasteiger partial charge is 0.146 e. The fourth-order valence-electron chi connectivity index (χ4n) is 3.17. The van der Waals surface area contributed by atoms with Gasteiger partial charge in [-0.3, -0.25) is 0 Å². The Morgan fingerprint density at radius 1 is 1.14 bits per heavy atom. The van der Waals surface area contributed by atoms with Gasteiger partial charge in [0.05, 0.1) is 5.69 Å². The van der Waals surface area contributed by atoms with Crippen LogP contribution in [0.2, 0.25) is 0 Å². The summed E-state index contributed by atoms with van der Waals surface area (Å²) in [6.45, 7) is 7.30. The number of nitrogens with zero attached hydrogens (tertiary/aromatic N) is 1. The summed E-state index contributed by atoms with van der Waals surface area (Å²) in [7, 11) is 0. The summed E-state index contributed by atoms with van der Waals surface area (Å²) in [5.74, 6) is -0.0680. The van der Waals surface area contributed by atoms with Gasteiger partial charge in [0, 0.05) is 19.1 Å². The van der Waals surface area contributed by atoms with Gasteiger partial charge in [0.15, 0.2) is 0 Å². The molecule has 2 rings (SSSR count). The molecule has 0 spiro atoms. The number of rotatable bonds is 7. The number of unbranched alkanes of at least 4 members (excludes halogenated alkanes) is 2. The summed E-state index contributed by atoms with van der Waals surface area (Å²) in [5.41, 5.74) is 1.83. The molecular formula is C19H31FN2. The van der Waals surface area contributed by atoms with Crippen LogP contribution in [0.3, 0.4) is 0 Å². The number of benzene rings is 1. The third-order valence-corrected chi connectivity index (χ3v) is 4.65. The zero-order valence-corrected chi connectivity index (χ0v) is 14.2. The molecule has 1 atom stereocenters. The van der Waals surface area contributed by atoms with Gasteiger partial charge in [-0.15, -0.1) is 0 Å². The zero-order chi connectivity index (χ0) is 15.8. The standard InChI is InChI=1S/C19H31FN2/c1-3-4-7-12-21-16(2)17-10-11-19(18(20)15-17)22-13-8-5-6-9-14-22/h10-11,15-16,21H,3-9,12-14H2,1-2H3/t16-/m0/s1. The Balaban J connectivity index is 1.96. The number of hydrogen-bond acceptors (Lipinski definition) is 2. The highest BCUT2D eigenvalue weighted by Gasteiger charge is 2.15. The molecule has 1 heterocycles. The fraction of sp³-hybridized carbons (Fsp3) is 0.684. The van der Waals surface area contributed by atoms with E-state index in [1.54, 1.807) is 6.07 Å². The second-order valence-corrected chi connectivity index (χ2v) is 6.50. The van der Waals surface area contributed by atoms with Crippen LogP contribution in [-0.2, 0) is 0 Å². The van der Waals surface area contributed by atoms with E-state index in [0.29, 0.717) is 0 Å². The van der Waals surface area contributed by atoms with Crippen LogP contribution < -0.4 is 10.2 Å². The van der Waals surface area contributed by atoms with Crippen LogP contribution in [0.5, 0.6) is 0 Å². The highest BCUT2D eigenvalue weighted by Crippen LogP contribution is 2.25. The lowest BCUT2D eigenvalue weighted by atomic mass is 10.1. The van der Waals surface area contributed by atoms with Crippen molar-refractivity contribution in [3.63, 3.8) is 0 Å². The number of anilines is 1. The van der Waals surface area contributed by atoms with Gasteiger partial charge in [-0.1, -0.05) is 38.7 Å². The summed E-state index contributed by atoms with van der Waals surface area (Å²) >= 11 is 0. The van der Waals surface area contributed by atoms with Crippen molar-refractivity contribution < 1.29 is 4.39 Å². The quantitative estimate of drug-likeness (QED) is 0.709. The van der Waals surface area contributed by atoms with Crippen molar-refractivity contribution in [3.8, 4) is 0 Å². The first-order chi connectivity index (χ1) is 10.7. The zero-order valence-electron chi connectivity index (χ0n) is 14.2. The predicted molar refractivity (Wildman–Crippen MR) is 93.0 cm³/mol. The molecule has 1 aliphatic heterocycles. The van der Waals surface area contributed by atoms with E-state index in [4.69, 9.17) is 0 Å². The number of halogens is 1. The maximum atomic E-state index is 14.5. The van der Waals surface area contributed by atoms with Crippen LogP contribution in [0.1, 0.15) is 70.4 Å². The van der Waals surface area contributed by atoms with Crippen molar-refractivity contribution in [2.75, 3.05) is 24.5 Å². The van der Waals surface area contributed by atoms with Crippen molar-refractivity contribution in [1.82, 2.24) is 5.32 Å². The Kier molecular flexibility index (Phi) is 7.17. The van der Waals surface area contributed by atoms with Crippen LogP contribution >= 0.6 is 0 Å². The van der Waals surface area contributed by atoms with E-state index in [-0.39, 0.29) is 11.9 Å². The van der Waals surface area contributed by atoms with Gasteiger partial charge in [0.2, 0.25) is 0 Å². The van der Waals surface area contributed by atoms with Crippen LogP contribution in [0.4, 0.5) is 10.1 Å². The molecule has 1 aromatic carbocycles. The summed E-state index contributed by atoms with van der Waals surface area (Å²) in [5, 5.41) is 3.49. The maximum absolute atomic E-state index is 14.5. The van der Waals surface area contributed by atoms with Crippen molar-refractivity contribution in [2.45, 2.75) is 64.8 Å².